The van der Waals surface area contributed by atoms with E-state index in [9.17, 15) is 4.79 Å². The highest BCUT2D eigenvalue weighted by molar-refractivity contribution is 5.71. The summed E-state index contributed by atoms with van der Waals surface area (Å²) in [4.78, 5) is 13.3. The van der Waals surface area contributed by atoms with Gasteiger partial charge in [0.15, 0.2) is 0 Å². The number of carbonyl (C=O) groups excluding carboxylic acids is 1. The first kappa shape index (κ1) is 13.4. The van der Waals surface area contributed by atoms with Gasteiger partial charge >= 0.3 is 5.97 Å². The molecule has 1 N–H and O–H groups in total. The highest BCUT2D eigenvalue weighted by atomic mass is 16.5. The van der Waals surface area contributed by atoms with E-state index < -0.39 is 0 Å². The Morgan fingerprint density at radius 2 is 2.14 bits per heavy atom. The number of carbonyl (C=O) groups is 1. The number of hydrogen-bond donors (Lipinski definition) is 1. The Hall–Kier alpha value is -0.610. The molecule has 0 aliphatic rings. The van der Waals surface area contributed by atoms with Crippen LogP contribution in [0.15, 0.2) is 0 Å². The smallest absolute Gasteiger partial charge is 0.320 e. The van der Waals surface area contributed by atoms with Gasteiger partial charge in [0.25, 0.3) is 0 Å². The largest absolute Gasteiger partial charge is 0.462 e. The first-order valence-electron chi connectivity index (χ1n) is 5.15. The molecule has 0 aliphatic heterocycles. The molecule has 0 heterocycles. The van der Waals surface area contributed by atoms with Gasteiger partial charge in [-0.05, 0) is 27.4 Å². The summed E-state index contributed by atoms with van der Waals surface area (Å²) in [5.41, 5.74) is 0. The number of hydrogen-bond acceptors (Lipinski definition) is 4. The fourth-order valence-corrected chi connectivity index (χ4v) is 0.923. The molecular weight excluding hydrogens is 180 g/mol. The summed E-state index contributed by atoms with van der Waals surface area (Å²) in [5.74, 6) is -0.181. The molecular formula is C10H22N2O2. The van der Waals surface area contributed by atoms with Gasteiger partial charge in [-0.2, -0.15) is 0 Å². The quantitative estimate of drug-likeness (QED) is 0.481. The van der Waals surface area contributed by atoms with Crippen molar-refractivity contribution in [2.24, 2.45) is 0 Å². The third-order valence-corrected chi connectivity index (χ3v) is 1.85. The molecule has 84 valence electrons. The Bertz CT molecular complexity index is 160. The summed E-state index contributed by atoms with van der Waals surface area (Å²) in [6, 6.07) is 0. The molecule has 0 rings (SSSR count). The fraction of sp³-hybridized carbons (Fsp3) is 0.900. The lowest BCUT2D eigenvalue weighted by Crippen LogP contribution is -2.33. The van der Waals surface area contributed by atoms with Gasteiger partial charge in [-0.1, -0.05) is 6.92 Å². The molecule has 0 bridgehead atoms. The SMILES string of the molecule is CCN(C)CCNCC(=O)OC(C)C. The number of likely N-dealkylation sites (N-methyl/N-ethyl adjacent to an activating group) is 1. The van der Waals surface area contributed by atoms with Crippen molar-refractivity contribution in [3.63, 3.8) is 0 Å². The summed E-state index contributed by atoms with van der Waals surface area (Å²) in [5, 5.41) is 3.04. The van der Waals surface area contributed by atoms with Crippen LogP contribution in [0, 0.1) is 0 Å². The molecule has 0 aromatic carbocycles. The van der Waals surface area contributed by atoms with Crippen LogP contribution in [0.5, 0.6) is 0 Å². The van der Waals surface area contributed by atoms with E-state index in [1.165, 1.54) is 0 Å². The molecule has 0 spiro atoms. The van der Waals surface area contributed by atoms with E-state index in [1.807, 2.05) is 20.9 Å². The summed E-state index contributed by atoms with van der Waals surface area (Å²) >= 11 is 0. The molecule has 14 heavy (non-hydrogen) atoms. The zero-order valence-electron chi connectivity index (χ0n) is 9.67. The number of nitrogens with one attached hydrogen (secondary N) is 1. The van der Waals surface area contributed by atoms with E-state index in [0.29, 0.717) is 6.54 Å². The van der Waals surface area contributed by atoms with Crippen molar-refractivity contribution in [2.75, 3.05) is 33.2 Å². The molecule has 4 heteroatoms. The minimum Gasteiger partial charge on any atom is -0.462 e. The summed E-state index contributed by atoms with van der Waals surface area (Å²) < 4.78 is 4.97. The Balaban J connectivity index is 3.31. The second kappa shape index (κ2) is 7.76. The van der Waals surface area contributed by atoms with Crippen LogP contribution in [-0.2, 0) is 9.53 Å². The van der Waals surface area contributed by atoms with Gasteiger partial charge in [-0.15, -0.1) is 0 Å². The van der Waals surface area contributed by atoms with Crippen molar-refractivity contribution >= 4 is 5.97 Å². The highest BCUT2D eigenvalue weighted by Crippen LogP contribution is 1.87. The van der Waals surface area contributed by atoms with Gasteiger partial charge in [-0.25, -0.2) is 0 Å². The van der Waals surface area contributed by atoms with Crippen molar-refractivity contribution in [2.45, 2.75) is 26.9 Å². The van der Waals surface area contributed by atoms with Crippen LogP contribution < -0.4 is 5.32 Å². The normalized spacial score (nSPS) is 11.0. The Morgan fingerprint density at radius 3 is 2.64 bits per heavy atom. The summed E-state index contributed by atoms with van der Waals surface area (Å²) in [6.07, 6.45) is -0.0254. The lowest BCUT2D eigenvalue weighted by Gasteiger charge is -2.14. The standard InChI is InChI=1S/C10H22N2O2/c1-5-12(4)7-6-11-8-10(13)14-9(2)3/h9,11H,5-8H2,1-4H3. The molecule has 0 aromatic heterocycles. The molecule has 0 fully saturated rings. The molecule has 0 aromatic rings. The van der Waals surface area contributed by atoms with Crippen LogP contribution in [-0.4, -0.2) is 50.2 Å². The summed E-state index contributed by atoms with van der Waals surface area (Å²) in [7, 11) is 2.05. The Labute approximate surface area is 86.6 Å². The third-order valence-electron chi connectivity index (χ3n) is 1.85. The van der Waals surface area contributed by atoms with Crippen molar-refractivity contribution < 1.29 is 9.53 Å². The van der Waals surface area contributed by atoms with Crippen LogP contribution >= 0.6 is 0 Å². The van der Waals surface area contributed by atoms with Crippen LogP contribution in [0.1, 0.15) is 20.8 Å². The molecule has 4 nitrogen and oxygen atoms in total. The van der Waals surface area contributed by atoms with Crippen LogP contribution in [0.2, 0.25) is 0 Å². The van der Waals surface area contributed by atoms with Gasteiger partial charge in [0.2, 0.25) is 0 Å². The Morgan fingerprint density at radius 1 is 1.50 bits per heavy atom. The average molecular weight is 202 g/mol. The van der Waals surface area contributed by atoms with E-state index in [4.69, 9.17) is 4.74 Å². The van der Waals surface area contributed by atoms with Crippen molar-refractivity contribution in [3.05, 3.63) is 0 Å². The fourth-order valence-electron chi connectivity index (χ4n) is 0.923. The summed E-state index contributed by atoms with van der Waals surface area (Å²) in [6.45, 7) is 8.90. The minimum absolute atomic E-state index is 0.0254. The molecule has 0 aliphatic carbocycles. The number of esters is 1. The number of rotatable bonds is 7. The van der Waals surface area contributed by atoms with Gasteiger partial charge in [0, 0.05) is 13.1 Å². The zero-order valence-corrected chi connectivity index (χ0v) is 9.67. The van der Waals surface area contributed by atoms with E-state index in [2.05, 4.69) is 17.1 Å². The Kier molecular flexibility index (Phi) is 7.42. The van der Waals surface area contributed by atoms with E-state index in [-0.39, 0.29) is 12.1 Å². The van der Waals surface area contributed by atoms with Gasteiger partial charge in [0.1, 0.15) is 0 Å². The van der Waals surface area contributed by atoms with E-state index >= 15 is 0 Å². The van der Waals surface area contributed by atoms with Crippen LogP contribution in [0.25, 0.3) is 0 Å². The lowest BCUT2D eigenvalue weighted by atomic mass is 10.4. The molecule has 0 saturated heterocycles. The molecule has 0 radical (unpaired) electrons. The van der Waals surface area contributed by atoms with Crippen LogP contribution in [0.4, 0.5) is 0 Å². The van der Waals surface area contributed by atoms with Gasteiger partial charge < -0.3 is 15.0 Å². The number of ether oxygens (including phenoxy) is 1. The monoisotopic (exact) mass is 202 g/mol. The maximum Gasteiger partial charge on any atom is 0.320 e. The average Bonchev–Trinajstić information content (AvgIpc) is 2.10. The predicted octanol–water partition coefficient (Wildman–Crippen LogP) is 0.479. The molecule has 0 atom stereocenters. The lowest BCUT2D eigenvalue weighted by molar-refractivity contribution is -0.146. The van der Waals surface area contributed by atoms with Crippen molar-refractivity contribution in [1.29, 1.82) is 0 Å². The minimum atomic E-state index is -0.181. The van der Waals surface area contributed by atoms with Gasteiger partial charge in [0.05, 0.1) is 12.6 Å². The van der Waals surface area contributed by atoms with Gasteiger partial charge in [-0.3, -0.25) is 4.79 Å². The van der Waals surface area contributed by atoms with Crippen molar-refractivity contribution in [3.8, 4) is 0 Å². The topological polar surface area (TPSA) is 41.6 Å². The zero-order chi connectivity index (χ0) is 11.0. The van der Waals surface area contributed by atoms with Crippen molar-refractivity contribution in [1.82, 2.24) is 10.2 Å². The van der Waals surface area contributed by atoms with E-state index in [1.54, 1.807) is 0 Å². The molecule has 0 unspecified atom stereocenters. The van der Waals surface area contributed by atoms with Crippen LogP contribution in [0.3, 0.4) is 0 Å². The maximum atomic E-state index is 11.1. The third kappa shape index (κ3) is 8.01. The second-order valence-corrected chi connectivity index (χ2v) is 3.61. The second-order valence-electron chi connectivity index (χ2n) is 3.61. The molecule has 0 amide bonds. The first-order chi connectivity index (χ1) is 6.56. The maximum absolute atomic E-state index is 11.1. The molecule has 0 saturated carbocycles. The first-order valence-corrected chi connectivity index (χ1v) is 5.15. The predicted molar refractivity (Wildman–Crippen MR) is 57.3 cm³/mol. The number of nitrogens with zero attached hydrogens (tertiary/aromatic N) is 1. The highest BCUT2D eigenvalue weighted by Gasteiger charge is 2.03. The van der Waals surface area contributed by atoms with E-state index in [0.717, 1.165) is 19.6 Å².